The van der Waals surface area contributed by atoms with Crippen molar-refractivity contribution in [2.45, 2.75) is 6.92 Å². The van der Waals surface area contributed by atoms with E-state index in [4.69, 9.17) is 4.74 Å². The van der Waals surface area contributed by atoms with Crippen LogP contribution in [-0.4, -0.2) is 16.6 Å². The monoisotopic (exact) mass is 256 g/mol. The second kappa shape index (κ2) is 4.74. The van der Waals surface area contributed by atoms with Crippen LogP contribution in [0.4, 0.5) is 0 Å². The predicted octanol–water partition coefficient (Wildman–Crippen LogP) is 3.76. The van der Waals surface area contributed by atoms with Gasteiger partial charge in [-0.3, -0.25) is 4.98 Å². The largest absolute Gasteiger partial charge is 0.493 e. The minimum Gasteiger partial charge on any atom is -0.493 e. The lowest BCUT2D eigenvalue weighted by molar-refractivity contribution is 0.341. The van der Waals surface area contributed by atoms with Crippen LogP contribution in [0.25, 0.3) is 20.8 Å². The lowest BCUT2D eigenvalue weighted by Gasteiger charge is -2.06. The van der Waals surface area contributed by atoms with Crippen molar-refractivity contribution >= 4 is 21.6 Å². The molecule has 1 aromatic carbocycles. The third-order valence-corrected chi connectivity index (χ3v) is 3.68. The first-order valence-electron chi connectivity index (χ1n) is 5.81. The highest BCUT2D eigenvalue weighted by Gasteiger charge is 2.10. The molecule has 18 heavy (non-hydrogen) atoms. The maximum atomic E-state index is 5.64. The Morgan fingerprint density at radius 1 is 1.22 bits per heavy atom. The van der Waals surface area contributed by atoms with Crippen LogP contribution in [-0.2, 0) is 0 Å². The van der Waals surface area contributed by atoms with E-state index in [0.29, 0.717) is 6.61 Å². The summed E-state index contributed by atoms with van der Waals surface area (Å²) in [5, 5.41) is 0.974. The molecule has 0 radical (unpaired) electrons. The molecule has 0 N–H and O–H groups in total. The lowest BCUT2D eigenvalue weighted by Crippen LogP contribution is -1.93. The molecule has 4 heteroatoms. The lowest BCUT2D eigenvalue weighted by atomic mass is 10.2. The third kappa shape index (κ3) is 1.95. The number of hydrogen-bond donors (Lipinski definition) is 0. The van der Waals surface area contributed by atoms with Crippen molar-refractivity contribution in [2.24, 2.45) is 0 Å². The second-order valence-electron chi connectivity index (χ2n) is 3.79. The molecule has 3 rings (SSSR count). The number of nitrogens with zero attached hydrogens (tertiary/aromatic N) is 2. The molecule has 0 saturated carbocycles. The van der Waals surface area contributed by atoms with Crippen LogP contribution in [0.3, 0.4) is 0 Å². The van der Waals surface area contributed by atoms with E-state index in [-0.39, 0.29) is 0 Å². The standard InChI is InChI=1S/C14H12N2OS/c1-2-17-12-6-4-3-5-10(12)14-16-11-9-15-8-7-13(11)18-14/h3-9H,2H2,1H3. The van der Waals surface area contributed by atoms with E-state index in [0.717, 1.165) is 26.5 Å². The number of benzene rings is 1. The van der Waals surface area contributed by atoms with Crippen LogP contribution in [0.15, 0.2) is 42.7 Å². The van der Waals surface area contributed by atoms with Gasteiger partial charge in [-0.2, -0.15) is 0 Å². The number of hydrogen-bond acceptors (Lipinski definition) is 4. The molecule has 0 spiro atoms. The molecule has 0 aliphatic rings. The Morgan fingerprint density at radius 2 is 2.11 bits per heavy atom. The molecule has 0 saturated heterocycles. The highest BCUT2D eigenvalue weighted by molar-refractivity contribution is 7.21. The van der Waals surface area contributed by atoms with Crippen molar-refractivity contribution in [2.75, 3.05) is 6.61 Å². The zero-order valence-corrected chi connectivity index (χ0v) is 10.8. The van der Waals surface area contributed by atoms with Gasteiger partial charge in [0.15, 0.2) is 0 Å². The van der Waals surface area contributed by atoms with Gasteiger partial charge in [0, 0.05) is 6.20 Å². The van der Waals surface area contributed by atoms with Gasteiger partial charge in [0.2, 0.25) is 0 Å². The number of fused-ring (bicyclic) bond motifs is 1. The molecule has 2 heterocycles. The third-order valence-electron chi connectivity index (χ3n) is 2.61. The van der Waals surface area contributed by atoms with E-state index in [9.17, 15) is 0 Å². The number of rotatable bonds is 3. The van der Waals surface area contributed by atoms with Crippen molar-refractivity contribution in [3.63, 3.8) is 0 Å². The number of para-hydroxylation sites is 1. The summed E-state index contributed by atoms with van der Waals surface area (Å²) in [6.45, 7) is 2.64. The Balaban J connectivity index is 2.13. The summed E-state index contributed by atoms with van der Waals surface area (Å²) in [5.74, 6) is 0.881. The summed E-state index contributed by atoms with van der Waals surface area (Å²) >= 11 is 1.66. The average molecular weight is 256 g/mol. The Bertz CT molecular complexity index is 645. The molecule has 3 aromatic rings. The minimum atomic E-state index is 0.656. The van der Waals surface area contributed by atoms with Crippen LogP contribution in [0, 0.1) is 0 Å². The molecule has 0 bridgehead atoms. The van der Waals surface area contributed by atoms with Gasteiger partial charge in [0.1, 0.15) is 16.3 Å². The SMILES string of the molecule is CCOc1ccccc1-c1nc2cnccc2s1. The maximum absolute atomic E-state index is 5.64. The molecule has 0 aliphatic carbocycles. The Hall–Kier alpha value is -1.94. The van der Waals surface area contributed by atoms with E-state index >= 15 is 0 Å². The van der Waals surface area contributed by atoms with Crippen molar-refractivity contribution < 1.29 is 4.74 Å². The zero-order valence-electron chi connectivity index (χ0n) is 9.96. The predicted molar refractivity (Wildman–Crippen MR) is 74.0 cm³/mol. The smallest absolute Gasteiger partial charge is 0.129 e. The molecule has 90 valence electrons. The number of ether oxygens (including phenoxy) is 1. The van der Waals surface area contributed by atoms with Crippen molar-refractivity contribution in [3.8, 4) is 16.3 Å². The molecule has 0 unspecified atom stereocenters. The van der Waals surface area contributed by atoms with Gasteiger partial charge in [-0.25, -0.2) is 4.98 Å². The number of pyridine rings is 1. The topological polar surface area (TPSA) is 35.0 Å². The Morgan fingerprint density at radius 3 is 2.94 bits per heavy atom. The molecule has 0 amide bonds. The summed E-state index contributed by atoms with van der Waals surface area (Å²) in [7, 11) is 0. The van der Waals surface area contributed by atoms with Crippen LogP contribution >= 0.6 is 11.3 Å². The second-order valence-corrected chi connectivity index (χ2v) is 4.82. The summed E-state index contributed by atoms with van der Waals surface area (Å²) in [6, 6.07) is 9.98. The Labute approximate surface area is 109 Å². The van der Waals surface area contributed by atoms with E-state index in [1.165, 1.54) is 0 Å². The average Bonchev–Trinajstić information content (AvgIpc) is 2.83. The van der Waals surface area contributed by atoms with Gasteiger partial charge >= 0.3 is 0 Å². The quantitative estimate of drug-likeness (QED) is 0.715. The number of aromatic nitrogens is 2. The molecular weight excluding hydrogens is 244 g/mol. The van der Waals surface area contributed by atoms with Gasteiger partial charge in [0.25, 0.3) is 0 Å². The highest BCUT2D eigenvalue weighted by Crippen LogP contribution is 2.35. The first-order valence-corrected chi connectivity index (χ1v) is 6.63. The van der Waals surface area contributed by atoms with E-state index in [1.807, 2.05) is 37.3 Å². The fraction of sp³-hybridized carbons (Fsp3) is 0.143. The van der Waals surface area contributed by atoms with E-state index in [1.54, 1.807) is 23.7 Å². The Kier molecular flexibility index (Phi) is 2.94. The molecule has 2 aromatic heterocycles. The highest BCUT2D eigenvalue weighted by atomic mass is 32.1. The van der Waals surface area contributed by atoms with Crippen LogP contribution in [0.5, 0.6) is 5.75 Å². The molecule has 0 aliphatic heterocycles. The van der Waals surface area contributed by atoms with Crippen LogP contribution < -0.4 is 4.74 Å². The van der Waals surface area contributed by atoms with Gasteiger partial charge in [0.05, 0.1) is 23.1 Å². The van der Waals surface area contributed by atoms with Gasteiger partial charge in [-0.05, 0) is 25.1 Å². The first kappa shape index (κ1) is 11.2. The summed E-state index contributed by atoms with van der Waals surface area (Å²) in [6.07, 6.45) is 3.58. The number of thiazole rings is 1. The van der Waals surface area contributed by atoms with Crippen LogP contribution in [0.2, 0.25) is 0 Å². The van der Waals surface area contributed by atoms with Crippen LogP contribution in [0.1, 0.15) is 6.92 Å². The fourth-order valence-corrected chi connectivity index (χ4v) is 2.78. The van der Waals surface area contributed by atoms with Crippen molar-refractivity contribution in [1.82, 2.24) is 9.97 Å². The molecule has 0 atom stereocenters. The normalized spacial score (nSPS) is 10.7. The van der Waals surface area contributed by atoms with Gasteiger partial charge in [-0.1, -0.05) is 12.1 Å². The van der Waals surface area contributed by atoms with Gasteiger partial charge in [-0.15, -0.1) is 11.3 Å². The maximum Gasteiger partial charge on any atom is 0.129 e. The van der Waals surface area contributed by atoms with Crippen molar-refractivity contribution in [1.29, 1.82) is 0 Å². The molecule has 3 nitrogen and oxygen atoms in total. The summed E-state index contributed by atoms with van der Waals surface area (Å²) < 4.78 is 6.78. The van der Waals surface area contributed by atoms with E-state index in [2.05, 4.69) is 9.97 Å². The van der Waals surface area contributed by atoms with Crippen molar-refractivity contribution in [3.05, 3.63) is 42.7 Å². The van der Waals surface area contributed by atoms with Gasteiger partial charge < -0.3 is 4.74 Å². The fourth-order valence-electron chi connectivity index (χ4n) is 1.82. The zero-order chi connectivity index (χ0) is 12.4. The first-order chi connectivity index (χ1) is 8.88. The molecule has 0 fully saturated rings. The summed E-state index contributed by atoms with van der Waals surface area (Å²) in [5.41, 5.74) is 1.98. The minimum absolute atomic E-state index is 0.656. The summed E-state index contributed by atoms with van der Waals surface area (Å²) in [4.78, 5) is 8.69. The van der Waals surface area contributed by atoms with E-state index < -0.39 is 0 Å². The molecular formula is C14H12N2OS.